The van der Waals surface area contributed by atoms with Gasteiger partial charge in [0.25, 0.3) is 0 Å². The number of nitrogen functional groups attached to an aromatic ring is 1. The molecule has 0 aliphatic carbocycles. The van der Waals surface area contributed by atoms with Crippen molar-refractivity contribution in [2.24, 2.45) is 0 Å². The summed E-state index contributed by atoms with van der Waals surface area (Å²) < 4.78 is 23.2. The lowest BCUT2D eigenvalue weighted by Crippen LogP contribution is -1.93. The smallest absolute Gasteiger partial charge is 0.200 e. The molecule has 0 amide bonds. The van der Waals surface area contributed by atoms with E-state index < -0.39 is 9.84 Å². The van der Waals surface area contributed by atoms with Crippen molar-refractivity contribution >= 4 is 21.7 Å². The van der Waals surface area contributed by atoms with Gasteiger partial charge in [-0.3, -0.25) is 5.10 Å². The minimum Gasteiger partial charge on any atom is -0.382 e. The number of fused-ring (bicyclic) bond motifs is 1. The minimum absolute atomic E-state index is 0.341. The average Bonchev–Trinajstić information content (AvgIpc) is 2.84. The van der Waals surface area contributed by atoms with Crippen LogP contribution in [0, 0.1) is 0 Å². The summed E-state index contributed by atoms with van der Waals surface area (Å²) in [4.78, 5) is 0.341. The average molecular weight is 247 g/mol. The Labute approximate surface area is 97.9 Å². The van der Waals surface area contributed by atoms with Gasteiger partial charge in [0.15, 0.2) is 9.84 Å². The Balaban J connectivity index is 2.16. The van der Waals surface area contributed by atoms with Crippen molar-refractivity contribution in [3.8, 4) is 11.3 Å². The molecular formula is C11H9N3O2S. The maximum Gasteiger partial charge on any atom is 0.200 e. The van der Waals surface area contributed by atoms with E-state index in [0.29, 0.717) is 16.3 Å². The number of hydrogen-bond acceptors (Lipinski definition) is 4. The highest BCUT2D eigenvalue weighted by atomic mass is 32.2. The zero-order valence-electron chi connectivity index (χ0n) is 8.71. The van der Waals surface area contributed by atoms with Crippen LogP contribution >= 0.6 is 0 Å². The molecule has 2 heterocycles. The van der Waals surface area contributed by atoms with Crippen LogP contribution in [0.3, 0.4) is 0 Å². The molecule has 0 unspecified atom stereocenters. The Kier molecular flexibility index (Phi) is 1.90. The van der Waals surface area contributed by atoms with Gasteiger partial charge in [-0.05, 0) is 23.8 Å². The highest BCUT2D eigenvalue weighted by molar-refractivity contribution is 7.94. The standard InChI is InChI=1S/C11H9N3O2S/c12-11-6-9(13-14-11)7-1-2-10-8(5-7)3-4-17(10,15)16/h1-6H,(H3,12,13,14). The molecule has 5 nitrogen and oxygen atoms in total. The molecule has 1 aromatic heterocycles. The summed E-state index contributed by atoms with van der Waals surface area (Å²) in [5, 5.41) is 7.83. The van der Waals surface area contributed by atoms with Gasteiger partial charge in [-0.1, -0.05) is 6.07 Å². The van der Waals surface area contributed by atoms with Crippen LogP contribution in [0.1, 0.15) is 5.56 Å². The number of benzene rings is 1. The molecule has 3 N–H and O–H groups in total. The molecule has 1 aliphatic heterocycles. The van der Waals surface area contributed by atoms with Gasteiger partial charge in [0, 0.05) is 17.0 Å². The molecule has 0 saturated heterocycles. The maximum atomic E-state index is 11.6. The lowest BCUT2D eigenvalue weighted by molar-refractivity contribution is 0.605. The van der Waals surface area contributed by atoms with Crippen LogP contribution in [-0.2, 0) is 9.84 Å². The lowest BCUT2D eigenvalue weighted by Gasteiger charge is -2.01. The topological polar surface area (TPSA) is 88.8 Å². The van der Waals surface area contributed by atoms with E-state index in [1.807, 2.05) is 0 Å². The number of anilines is 1. The summed E-state index contributed by atoms with van der Waals surface area (Å²) in [7, 11) is -3.23. The van der Waals surface area contributed by atoms with E-state index in [1.54, 1.807) is 30.3 Å². The quantitative estimate of drug-likeness (QED) is 0.797. The van der Waals surface area contributed by atoms with Crippen LogP contribution in [0.4, 0.5) is 5.82 Å². The van der Waals surface area contributed by atoms with E-state index in [-0.39, 0.29) is 0 Å². The van der Waals surface area contributed by atoms with E-state index in [9.17, 15) is 8.42 Å². The van der Waals surface area contributed by atoms with Crippen molar-refractivity contribution in [1.82, 2.24) is 10.2 Å². The first-order valence-corrected chi connectivity index (χ1v) is 6.49. The Morgan fingerprint density at radius 1 is 1.24 bits per heavy atom. The Morgan fingerprint density at radius 2 is 2.06 bits per heavy atom. The summed E-state index contributed by atoms with van der Waals surface area (Å²) in [5.41, 5.74) is 7.83. The molecule has 0 radical (unpaired) electrons. The molecule has 3 rings (SSSR count). The zero-order valence-corrected chi connectivity index (χ0v) is 9.53. The summed E-state index contributed by atoms with van der Waals surface area (Å²) in [6.45, 7) is 0. The summed E-state index contributed by atoms with van der Waals surface area (Å²) in [5.74, 6) is 0.406. The summed E-state index contributed by atoms with van der Waals surface area (Å²) >= 11 is 0. The van der Waals surface area contributed by atoms with Gasteiger partial charge in [0.05, 0.1) is 10.6 Å². The normalized spacial score (nSPS) is 16.0. The first-order chi connectivity index (χ1) is 8.06. The van der Waals surface area contributed by atoms with E-state index in [0.717, 1.165) is 11.3 Å². The van der Waals surface area contributed by atoms with E-state index in [4.69, 9.17) is 5.73 Å². The van der Waals surface area contributed by atoms with Crippen LogP contribution in [0.5, 0.6) is 0 Å². The Morgan fingerprint density at radius 3 is 2.76 bits per heavy atom. The van der Waals surface area contributed by atoms with Gasteiger partial charge >= 0.3 is 0 Å². The Bertz CT molecular complexity index is 729. The molecule has 0 atom stereocenters. The predicted molar refractivity (Wildman–Crippen MR) is 64.7 cm³/mol. The number of rotatable bonds is 1. The molecule has 0 saturated carbocycles. The third kappa shape index (κ3) is 1.53. The highest BCUT2D eigenvalue weighted by Crippen LogP contribution is 2.30. The van der Waals surface area contributed by atoms with Gasteiger partial charge in [-0.25, -0.2) is 8.42 Å². The SMILES string of the molecule is Nc1cc(-c2ccc3c(c2)C=CS3(=O)=O)[nH]n1. The second-order valence-electron chi connectivity index (χ2n) is 3.81. The van der Waals surface area contributed by atoms with Gasteiger partial charge in [-0.15, -0.1) is 0 Å². The molecular weight excluding hydrogens is 238 g/mol. The molecule has 17 heavy (non-hydrogen) atoms. The van der Waals surface area contributed by atoms with Crippen molar-refractivity contribution in [2.75, 3.05) is 5.73 Å². The number of sulfone groups is 1. The third-order valence-electron chi connectivity index (χ3n) is 2.65. The largest absolute Gasteiger partial charge is 0.382 e. The lowest BCUT2D eigenvalue weighted by atomic mass is 10.1. The molecule has 0 fully saturated rings. The van der Waals surface area contributed by atoms with Gasteiger partial charge in [0.1, 0.15) is 5.82 Å². The van der Waals surface area contributed by atoms with Crippen molar-refractivity contribution in [3.05, 3.63) is 35.2 Å². The number of hydrogen-bond donors (Lipinski definition) is 2. The number of H-pyrrole nitrogens is 1. The molecule has 0 spiro atoms. The van der Waals surface area contributed by atoms with Crippen LogP contribution in [0.15, 0.2) is 34.6 Å². The fraction of sp³-hybridized carbons (Fsp3) is 0. The first kappa shape index (κ1) is 10.1. The van der Waals surface area contributed by atoms with Gasteiger partial charge < -0.3 is 5.73 Å². The van der Waals surface area contributed by atoms with Crippen LogP contribution in [-0.4, -0.2) is 18.6 Å². The molecule has 2 aromatic rings. The van der Waals surface area contributed by atoms with Gasteiger partial charge in [0.2, 0.25) is 0 Å². The first-order valence-electron chi connectivity index (χ1n) is 4.95. The maximum absolute atomic E-state index is 11.6. The van der Waals surface area contributed by atoms with Crippen LogP contribution < -0.4 is 5.73 Å². The number of nitrogens with two attached hydrogens (primary N) is 1. The molecule has 86 valence electrons. The number of nitrogens with one attached hydrogen (secondary N) is 1. The van der Waals surface area contributed by atoms with Crippen LogP contribution in [0.2, 0.25) is 0 Å². The molecule has 1 aromatic carbocycles. The zero-order chi connectivity index (χ0) is 12.0. The molecule has 0 bridgehead atoms. The summed E-state index contributed by atoms with van der Waals surface area (Å²) in [6, 6.07) is 6.82. The highest BCUT2D eigenvalue weighted by Gasteiger charge is 2.20. The number of aromatic nitrogens is 2. The fourth-order valence-corrected chi connectivity index (χ4v) is 3.01. The third-order valence-corrected chi connectivity index (χ3v) is 4.13. The van der Waals surface area contributed by atoms with Crippen molar-refractivity contribution in [1.29, 1.82) is 0 Å². The Hall–Kier alpha value is -2.08. The second kappa shape index (κ2) is 3.21. The van der Waals surface area contributed by atoms with Crippen molar-refractivity contribution < 1.29 is 8.42 Å². The second-order valence-corrected chi connectivity index (χ2v) is 5.61. The van der Waals surface area contributed by atoms with E-state index >= 15 is 0 Å². The van der Waals surface area contributed by atoms with Crippen molar-refractivity contribution in [3.63, 3.8) is 0 Å². The number of aromatic amines is 1. The predicted octanol–water partition coefficient (Wildman–Crippen LogP) is 1.42. The van der Waals surface area contributed by atoms with Crippen LogP contribution in [0.25, 0.3) is 17.3 Å². The summed E-state index contributed by atoms with van der Waals surface area (Å²) in [6.07, 6.45) is 1.59. The monoisotopic (exact) mass is 247 g/mol. The molecule has 1 aliphatic rings. The van der Waals surface area contributed by atoms with Gasteiger partial charge in [-0.2, -0.15) is 5.10 Å². The number of nitrogens with zero attached hydrogens (tertiary/aromatic N) is 1. The minimum atomic E-state index is -3.23. The fourth-order valence-electron chi connectivity index (χ4n) is 1.83. The van der Waals surface area contributed by atoms with Crippen molar-refractivity contribution in [2.45, 2.75) is 4.90 Å². The van der Waals surface area contributed by atoms with E-state index in [2.05, 4.69) is 10.2 Å². The molecule has 6 heteroatoms. The van der Waals surface area contributed by atoms with E-state index in [1.165, 1.54) is 5.41 Å².